The number of rotatable bonds is 9. The minimum Gasteiger partial charge on any atom is -0.308 e. The lowest BCUT2D eigenvalue weighted by molar-refractivity contribution is 1.06. The summed E-state index contributed by atoms with van der Waals surface area (Å²) in [5.74, 6) is 2.02. The largest absolute Gasteiger partial charge is 0.308 e. The summed E-state index contributed by atoms with van der Waals surface area (Å²) >= 11 is 0. The molecule has 0 unspecified atom stereocenters. The SMILES string of the molecule is [C-]#[N+]c1cc(C#N)cc(-c2ccc3c(c2)c2cc(-c4cc(C#N)cc([N+]#[C-])c4)ccc2n3-c2ccc(-c3cc(-c4ccccc4)nc(-c4ccccc4)n3)cc2-c2nc(-c3ccccc3)nc(-c3ccccc3)n2)c1. The van der Waals surface area contributed by atoms with E-state index >= 15 is 0 Å². The third kappa shape index (κ3) is 8.66. The summed E-state index contributed by atoms with van der Waals surface area (Å²) in [6, 6.07) is 75.2. The van der Waals surface area contributed by atoms with Crippen LogP contribution >= 0.6 is 0 Å². The Morgan fingerprint density at radius 2 is 0.760 bits per heavy atom. The van der Waals surface area contributed by atoms with Crippen molar-refractivity contribution in [2.24, 2.45) is 0 Å². The molecule has 0 atom stereocenters. The molecule has 3 aromatic heterocycles. The zero-order chi connectivity index (χ0) is 50.8. The van der Waals surface area contributed by atoms with Gasteiger partial charge in [0.25, 0.3) is 0 Å². The van der Waals surface area contributed by atoms with Crippen molar-refractivity contribution < 1.29 is 0 Å². The Balaban J connectivity index is 1.16. The average Bonchev–Trinajstić information content (AvgIpc) is 3.88. The first-order valence-electron chi connectivity index (χ1n) is 23.9. The van der Waals surface area contributed by atoms with Crippen molar-refractivity contribution in [1.82, 2.24) is 29.5 Å². The first-order chi connectivity index (χ1) is 36.9. The molecule has 0 bridgehead atoms. The number of hydrogen-bond acceptors (Lipinski definition) is 7. The molecule has 12 rings (SSSR count). The van der Waals surface area contributed by atoms with E-state index < -0.39 is 0 Å². The van der Waals surface area contributed by atoms with Crippen LogP contribution in [0.4, 0.5) is 11.4 Å². The normalized spacial score (nSPS) is 10.9. The first-order valence-corrected chi connectivity index (χ1v) is 23.9. The van der Waals surface area contributed by atoms with Gasteiger partial charge in [0.2, 0.25) is 0 Å². The van der Waals surface area contributed by atoms with Crippen LogP contribution in [0.2, 0.25) is 0 Å². The number of nitrogens with zero attached hydrogens (tertiary/aromatic N) is 10. The second-order valence-corrected chi connectivity index (χ2v) is 17.7. The molecule has 0 spiro atoms. The van der Waals surface area contributed by atoms with Gasteiger partial charge in [-0.2, -0.15) is 10.5 Å². The first kappa shape index (κ1) is 45.0. The molecule has 0 fully saturated rings. The third-order valence-electron chi connectivity index (χ3n) is 13.1. The molecule has 0 radical (unpaired) electrons. The van der Waals surface area contributed by atoms with Crippen LogP contribution in [-0.4, -0.2) is 29.5 Å². The molecule has 0 saturated carbocycles. The van der Waals surface area contributed by atoms with Crippen LogP contribution in [0.25, 0.3) is 128 Å². The minimum atomic E-state index is 0.365. The Morgan fingerprint density at radius 1 is 0.347 bits per heavy atom. The summed E-state index contributed by atoms with van der Waals surface area (Å²) < 4.78 is 2.21. The molecule has 0 aliphatic heterocycles. The molecule has 9 aromatic carbocycles. The molecular formula is C65H36N10. The van der Waals surface area contributed by atoms with Gasteiger partial charge < -0.3 is 4.57 Å². The van der Waals surface area contributed by atoms with Crippen molar-refractivity contribution in [3.05, 3.63) is 252 Å². The van der Waals surface area contributed by atoms with E-state index in [0.29, 0.717) is 57.1 Å². The summed E-state index contributed by atoms with van der Waals surface area (Å²) in [6.45, 7) is 15.6. The van der Waals surface area contributed by atoms with Gasteiger partial charge in [-0.1, -0.05) is 140 Å². The maximum atomic E-state index is 9.98. The van der Waals surface area contributed by atoms with Gasteiger partial charge in [0.15, 0.2) is 34.7 Å². The second kappa shape index (κ2) is 19.2. The Bertz CT molecular complexity index is 4080. The highest BCUT2D eigenvalue weighted by Crippen LogP contribution is 2.42. The molecule has 0 saturated heterocycles. The van der Waals surface area contributed by atoms with E-state index in [1.807, 2.05) is 140 Å². The predicted molar refractivity (Wildman–Crippen MR) is 295 cm³/mol. The van der Waals surface area contributed by atoms with E-state index in [4.69, 9.17) is 38.1 Å². The van der Waals surface area contributed by atoms with Crippen molar-refractivity contribution in [2.75, 3.05) is 0 Å². The van der Waals surface area contributed by atoms with Crippen LogP contribution in [0.15, 0.2) is 218 Å². The van der Waals surface area contributed by atoms with Gasteiger partial charge in [-0.15, -0.1) is 0 Å². The van der Waals surface area contributed by atoms with Gasteiger partial charge in [-0.25, -0.2) is 34.6 Å². The highest BCUT2D eigenvalue weighted by molar-refractivity contribution is 6.12. The summed E-state index contributed by atoms with van der Waals surface area (Å²) in [6.07, 6.45) is 0. The fourth-order valence-electron chi connectivity index (χ4n) is 9.52. The Labute approximate surface area is 431 Å². The van der Waals surface area contributed by atoms with Crippen LogP contribution in [0.3, 0.4) is 0 Å². The Kier molecular flexibility index (Phi) is 11.5. The maximum absolute atomic E-state index is 9.98. The van der Waals surface area contributed by atoms with Gasteiger partial charge in [-0.3, -0.25) is 0 Å². The van der Waals surface area contributed by atoms with Crippen molar-refractivity contribution in [2.45, 2.75) is 0 Å². The number of hydrogen-bond donors (Lipinski definition) is 0. The quantitative estimate of drug-likeness (QED) is 0.132. The number of benzene rings is 9. The molecule has 0 N–H and O–H groups in total. The van der Waals surface area contributed by atoms with E-state index in [0.717, 1.165) is 83.3 Å². The molecule has 10 heteroatoms. The highest BCUT2D eigenvalue weighted by atomic mass is 15.1. The topological polar surface area (TPSA) is 126 Å². The van der Waals surface area contributed by atoms with Gasteiger partial charge in [0.05, 0.1) is 53.4 Å². The fraction of sp³-hybridized carbons (Fsp3) is 0. The zero-order valence-corrected chi connectivity index (χ0v) is 39.8. The fourth-order valence-corrected chi connectivity index (χ4v) is 9.52. The Hall–Kier alpha value is -11.2. The number of nitriles is 2. The Morgan fingerprint density at radius 3 is 1.21 bits per heavy atom. The van der Waals surface area contributed by atoms with Gasteiger partial charge in [0, 0.05) is 55.3 Å². The van der Waals surface area contributed by atoms with E-state index in [9.17, 15) is 10.5 Å². The lowest BCUT2D eigenvalue weighted by atomic mass is 9.98. The summed E-state index contributed by atoms with van der Waals surface area (Å²) in [7, 11) is 0. The van der Waals surface area contributed by atoms with Crippen LogP contribution in [0, 0.1) is 35.8 Å². The summed E-state index contributed by atoms with van der Waals surface area (Å²) in [5.41, 5.74) is 13.5. The predicted octanol–water partition coefficient (Wildman–Crippen LogP) is 15.9. The molecule has 0 amide bonds. The van der Waals surface area contributed by atoms with Crippen LogP contribution in [0.1, 0.15) is 11.1 Å². The smallest absolute Gasteiger partial charge is 0.189 e. The number of aromatic nitrogens is 6. The molecule has 3 heterocycles. The minimum absolute atomic E-state index is 0.365. The lowest BCUT2D eigenvalue weighted by Crippen LogP contribution is -2.04. The van der Waals surface area contributed by atoms with Gasteiger partial charge in [0.1, 0.15) is 0 Å². The second-order valence-electron chi connectivity index (χ2n) is 17.7. The van der Waals surface area contributed by atoms with Gasteiger partial charge >= 0.3 is 0 Å². The monoisotopic (exact) mass is 956 g/mol. The van der Waals surface area contributed by atoms with Crippen molar-refractivity contribution in [1.29, 1.82) is 10.5 Å². The number of fused-ring (bicyclic) bond motifs is 3. The highest BCUT2D eigenvalue weighted by Gasteiger charge is 2.23. The molecule has 0 aliphatic carbocycles. The van der Waals surface area contributed by atoms with E-state index in [-0.39, 0.29) is 0 Å². The molecule has 10 nitrogen and oxygen atoms in total. The lowest BCUT2D eigenvalue weighted by Gasteiger charge is -2.17. The average molecular weight is 957 g/mol. The van der Waals surface area contributed by atoms with Crippen molar-refractivity contribution >= 4 is 33.2 Å². The molecule has 12 aromatic rings. The third-order valence-corrected chi connectivity index (χ3v) is 13.1. The summed E-state index contributed by atoms with van der Waals surface area (Å²) in [4.78, 5) is 33.3. The summed E-state index contributed by atoms with van der Waals surface area (Å²) in [5, 5.41) is 21.7. The van der Waals surface area contributed by atoms with Crippen LogP contribution in [-0.2, 0) is 0 Å². The van der Waals surface area contributed by atoms with Crippen LogP contribution in [0.5, 0.6) is 0 Å². The van der Waals surface area contributed by atoms with E-state index in [1.165, 1.54) is 0 Å². The standard InChI is InChI=1S/C65H36N10/c1-68-52-31-41(39-66)29-50(33-52)47-23-26-59-54(35-47)55-36-48(51-30-42(40-67)32-53(34-51)69-2)24-27-60(55)75(59)61-28-25-49(58-38-57(43-15-7-3-8-16-43)70-62(71-58)44-17-9-4-10-18-44)37-56(61)65-73-63(45-19-11-5-12-20-45)72-64(74-65)46-21-13-6-14-22-46/h3-38H. The van der Waals surface area contributed by atoms with Crippen molar-refractivity contribution in [3.63, 3.8) is 0 Å². The molecule has 346 valence electrons. The van der Waals surface area contributed by atoms with Gasteiger partial charge in [-0.05, 0) is 101 Å². The van der Waals surface area contributed by atoms with E-state index in [1.54, 1.807) is 36.4 Å². The maximum Gasteiger partial charge on any atom is 0.189 e. The van der Waals surface area contributed by atoms with Crippen LogP contribution < -0.4 is 0 Å². The van der Waals surface area contributed by atoms with Crippen molar-refractivity contribution in [3.8, 4) is 108 Å². The molecule has 0 aliphatic rings. The molecule has 75 heavy (non-hydrogen) atoms. The molecular weight excluding hydrogens is 921 g/mol. The zero-order valence-electron chi connectivity index (χ0n) is 39.8. The van der Waals surface area contributed by atoms with E-state index in [2.05, 4.69) is 68.9 Å².